The third-order valence-corrected chi connectivity index (χ3v) is 5.80. The third-order valence-electron chi connectivity index (χ3n) is 5.06. The zero-order valence-corrected chi connectivity index (χ0v) is 15.2. The molecule has 1 fully saturated rings. The zero-order chi connectivity index (χ0) is 16.5. The van der Waals surface area contributed by atoms with Crippen LogP contribution < -0.4 is 0 Å². The van der Waals surface area contributed by atoms with Crippen molar-refractivity contribution in [2.75, 3.05) is 13.1 Å². The van der Waals surface area contributed by atoms with Gasteiger partial charge in [-0.05, 0) is 60.3 Å². The molecule has 2 aliphatic rings. The van der Waals surface area contributed by atoms with E-state index in [0.29, 0.717) is 0 Å². The van der Waals surface area contributed by atoms with Gasteiger partial charge in [-0.25, -0.2) is 0 Å². The Hall–Kier alpha value is -1.58. The number of thiocarbonyl (C=S) groups is 1. The molecule has 1 saturated heterocycles. The highest BCUT2D eigenvalue weighted by Gasteiger charge is 2.34. The Bertz CT molecular complexity index is 738. The van der Waals surface area contributed by atoms with Crippen molar-refractivity contribution in [3.8, 4) is 0 Å². The first kappa shape index (κ1) is 15.9. The Morgan fingerprint density at radius 2 is 1.67 bits per heavy atom. The van der Waals surface area contributed by atoms with Crippen molar-refractivity contribution in [2.24, 2.45) is 0 Å². The van der Waals surface area contributed by atoms with Gasteiger partial charge in [0.2, 0.25) is 0 Å². The molecule has 0 saturated carbocycles. The number of piperidine rings is 1. The van der Waals surface area contributed by atoms with Crippen LogP contribution in [0, 0.1) is 0 Å². The highest BCUT2D eigenvalue weighted by atomic mass is 35.5. The molecule has 0 aliphatic carbocycles. The van der Waals surface area contributed by atoms with Gasteiger partial charge in [0.15, 0.2) is 5.11 Å². The standard InChI is InChI=1S/C20H21ClN2S/c21-17-10-8-15(9-11-17)19-18-7-3-2-6-16(18)14-23(19)20(24)22-12-4-1-5-13-22/h2-3,6-11,19H,1,4-5,12-14H2. The highest BCUT2D eigenvalue weighted by molar-refractivity contribution is 7.80. The van der Waals surface area contributed by atoms with Crippen LogP contribution in [-0.4, -0.2) is 28.0 Å². The average molecular weight is 357 g/mol. The fraction of sp³-hybridized carbons (Fsp3) is 0.350. The van der Waals surface area contributed by atoms with Gasteiger partial charge in [-0.15, -0.1) is 0 Å². The quantitative estimate of drug-likeness (QED) is 0.663. The normalized spacial score (nSPS) is 20.1. The Balaban J connectivity index is 1.70. The average Bonchev–Trinajstić information content (AvgIpc) is 3.02. The maximum absolute atomic E-state index is 6.09. The van der Waals surface area contributed by atoms with Crippen molar-refractivity contribution in [1.82, 2.24) is 9.80 Å². The number of nitrogens with zero attached hydrogens (tertiary/aromatic N) is 2. The Kier molecular flexibility index (Phi) is 4.47. The molecule has 0 radical (unpaired) electrons. The molecule has 0 aromatic heterocycles. The van der Waals surface area contributed by atoms with E-state index in [1.54, 1.807) is 0 Å². The predicted octanol–water partition coefficient (Wildman–Crippen LogP) is 5.02. The van der Waals surface area contributed by atoms with Crippen LogP contribution in [0.3, 0.4) is 0 Å². The molecule has 1 unspecified atom stereocenters. The van der Waals surface area contributed by atoms with E-state index in [9.17, 15) is 0 Å². The summed E-state index contributed by atoms with van der Waals surface area (Å²) in [7, 11) is 0. The molecular weight excluding hydrogens is 336 g/mol. The van der Waals surface area contributed by atoms with Gasteiger partial charge >= 0.3 is 0 Å². The van der Waals surface area contributed by atoms with E-state index in [1.165, 1.54) is 36.0 Å². The van der Waals surface area contributed by atoms with Gasteiger partial charge in [0.25, 0.3) is 0 Å². The lowest BCUT2D eigenvalue weighted by molar-refractivity contribution is 0.276. The molecule has 0 bridgehead atoms. The lowest BCUT2D eigenvalue weighted by Gasteiger charge is -2.37. The largest absolute Gasteiger partial charge is 0.349 e. The minimum Gasteiger partial charge on any atom is -0.349 e. The summed E-state index contributed by atoms with van der Waals surface area (Å²) in [5.41, 5.74) is 3.99. The fourth-order valence-corrected chi connectivity index (χ4v) is 4.32. The Morgan fingerprint density at radius 1 is 0.958 bits per heavy atom. The minimum atomic E-state index is 0.188. The number of hydrogen-bond donors (Lipinski definition) is 0. The summed E-state index contributed by atoms with van der Waals surface area (Å²) >= 11 is 12.0. The van der Waals surface area contributed by atoms with Gasteiger partial charge in [-0.3, -0.25) is 0 Å². The third kappa shape index (κ3) is 2.91. The van der Waals surface area contributed by atoms with Gasteiger partial charge in [-0.1, -0.05) is 48.0 Å². The van der Waals surface area contributed by atoms with E-state index in [4.69, 9.17) is 23.8 Å². The molecule has 124 valence electrons. The summed E-state index contributed by atoms with van der Waals surface area (Å²) in [6, 6.07) is 17.1. The monoisotopic (exact) mass is 356 g/mol. The maximum atomic E-state index is 6.09. The minimum absolute atomic E-state index is 0.188. The molecule has 0 N–H and O–H groups in total. The number of hydrogen-bond acceptors (Lipinski definition) is 1. The van der Waals surface area contributed by atoms with Gasteiger partial charge in [0.1, 0.15) is 0 Å². The van der Waals surface area contributed by atoms with Crippen molar-refractivity contribution in [2.45, 2.75) is 31.8 Å². The van der Waals surface area contributed by atoms with Crippen LogP contribution >= 0.6 is 23.8 Å². The molecule has 1 atom stereocenters. The van der Waals surface area contributed by atoms with Crippen molar-refractivity contribution >= 4 is 28.9 Å². The molecule has 0 spiro atoms. The van der Waals surface area contributed by atoms with Crippen LogP contribution in [-0.2, 0) is 6.54 Å². The summed E-state index contributed by atoms with van der Waals surface area (Å²) in [6.45, 7) is 3.05. The maximum Gasteiger partial charge on any atom is 0.172 e. The summed E-state index contributed by atoms with van der Waals surface area (Å²) in [6.07, 6.45) is 3.80. The van der Waals surface area contributed by atoms with Gasteiger partial charge in [0, 0.05) is 24.7 Å². The molecular formula is C20H21ClN2S. The van der Waals surface area contributed by atoms with Crippen molar-refractivity contribution in [3.05, 3.63) is 70.2 Å². The molecule has 2 nitrogen and oxygen atoms in total. The van der Waals surface area contributed by atoms with Crippen LogP contribution in [0.5, 0.6) is 0 Å². The van der Waals surface area contributed by atoms with E-state index in [1.807, 2.05) is 12.1 Å². The van der Waals surface area contributed by atoms with E-state index in [0.717, 1.165) is 29.8 Å². The predicted molar refractivity (Wildman–Crippen MR) is 103 cm³/mol. The molecule has 2 aliphatic heterocycles. The van der Waals surface area contributed by atoms with E-state index < -0.39 is 0 Å². The first-order chi connectivity index (χ1) is 11.7. The SMILES string of the molecule is S=C(N1CCCCC1)N1Cc2ccccc2C1c1ccc(Cl)cc1. The molecule has 4 rings (SSSR count). The number of benzene rings is 2. The molecule has 4 heteroatoms. The molecule has 2 aromatic rings. The highest BCUT2D eigenvalue weighted by Crippen LogP contribution is 2.39. The van der Waals surface area contributed by atoms with Crippen molar-refractivity contribution in [1.29, 1.82) is 0 Å². The van der Waals surface area contributed by atoms with Crippen LogP contribution in [0.1, 0.15) is 42.0 Å². The van der Waals surface area contributed by atoms with Crippen LogP contribution in [0.15, 0.2) is 48.5 Å². The number of halogens is 1. The lowest BCUT2D eigenvalue weighted by Crippen LogP contribution is -2.44. The summed E-state index contributed by atoms with van der Waals surface area (Å²) in [5.74, 6) is 0. The number of rotatable bonds is 1. The molecule has 2 heterocycles. The first-order valence-electron chi connectivity index (χ1n) is 8.63. The number of likely N-dealkylation sites (tertiary alicyclic amines) is 1. The van der Waals surface area contributed by atoms with Crippen LogP contribution in [0.25, 0.3) is 0 Å². The van der Waals surface area contributed by atoms with E-state index >= 15 is 0 Å². The van der Waals surface area contributed by atoms with E-state index in [2.05, 4.69) is 46.2 Å². The Morgan fingerprint density at radius 3 is 2.42 bits per heavy atom. The van der Waals surface area contributed by atoms with Gasteiger partial charge < -0.3 is 9.80 Å². The molecule has 24 heavy (non-hydrogen) atoms. The van der Waals surface area contributed by atoms with Crippen molar-refractivity contribution in [3.63, 3.8) is 0 Å². The smallest absolute Gasteiger partial charge is 0.172 e. The van der Waals surface area contributed by atoms with E-state index in [-0.39, 0.29) is 6.04 Å². The second-order valence-corrected chi connectivity index (χ2v) is 7.41. The first-order valence-corrected chi connectivity index (χ1v) is 9.41. The fourth-order valence-electron chi connectivity index (χ4n) is 3.84. The van der Waals surface area contributed by atoms with Crippen LogP contribution in [0.2, 0.25) is 5.02 Å². The lowest BCUT2D eigenvalue weighted by atomic mass is 9.98. The van der Waals surface area contributed by atoms with Crippen molar-refractivity contribution < 1.29 is 0 Å². The molecule has 2 aromatic carbocycles. The second kappa shape index (κ2) is 6.73. The number of fused-ring (bicyclic) bond motifs is 1. The second-order valence-electron chi connectivity index (χ2n) is 6.61. The van der Waals surface area contributed by atoms with Crippen LogP contribution in [0.4, 0.5) is 0 Å². The summed E-state index contributed by atoms with van der Waals surface area (Å²) < 4.78 is 0. The zero-order valence-electron chi connectivity index (χ0n) is 13.6. The topological polar surface area (TPSA) is 6.48 Å². The summed E-state index contributed by atoms with van der Waals surface area (Å²) in [4.78, 5) is 4.77. The molecule has 0 amide bonds. The summed E-state index contributed by atoms with van der Waals surface area (Å²) in [5, 5.41) is 1.76. The van der Waals surface area contributed by atoms with Gasteiger partial charge in [-0.2, -0.15) is 0 Å². The van der Waals surface area contributed by atoms with Gasteiger partial charge in [0.05, 0.1) is 6.04 Å². The Labute approximate surface area is 154 Å².